The van der Waals surface area contributed by atoms with Crippen LogP contribution in [0.1, 0.15) is 133 Å². The molecule has 0 unspecified atom stereocenters. The fraction of sp³-hybridized carbons (Fsp3) is 0.253. The topological polar surface area (TPSA) is 19.6 Å². The second-order valence-electron chi connectivity index (χ2n) is 26.1. The van der Waals surface area contributed by atoms with Gasteiger partial charge in [0.15, 0.2) is 0 Å². The van der Waals surface area contributed by atoms with Gasteiger partial charge in [-0.3, -0.25) is 0 Å². The van der Waals surface area contributed by atoms with E-state index in [1.54, 1.807) is 0 Å². The zero-order valence-electron chi connectivity index (χ0n) is 47.7. The summed E-state index contributed by atoms with van der Waals surface area (Å²) < 4.78 is 7.31. The van der Waals surface area contributed by atoms with Gasteiger partial charge in [-0.1, -0.05) is 196 Å². The van der Waals surface area contributed by atoms with Gasteiger partial charge in [-0.05, 0) is 175 Å². The minimum Gasteiger partial charge on any atom is -0.455 e. The van der Waals surface area contributed by atoms with E-state index in [0.717, 1.165) is 39.8 Å². The van der Waals surface area contributed by atoms with Crippen LogP contribution in [0.3, 0.4) is 0 Å². The quantitative estimate of drug-likeness (QED) is 0.148. The molecule has 2 aliphatic heterocycles. The molecule has 3 nitrogen and oxygen atoms in total. The molecular weight excluding hydrogens is 956 g/mol. The van der Waals surface area contributed by atoms with Crippen molar-refractivity contribution in [3.63, 3.8) is 0 Å². The maximum atomic E-state index is 7.31. The molecule has 0 saturated heterocycles. The molecule has 0 bridgehead atoms. The van der Waals surface area contributed by atoms with Crippen LogP contribution in [-0.4, -0.2) is 6.85 Å². The number of unbranched alkanes of at least 4 members (excludes halogenated alkanes) is 1. The Morgan fingerprint density at radius 3 is 1.75 bits per heavy atom. The van der Waals surface area contributed by atoms with Crippen LogP contribution in [0.2, 0.25) is 0 Å². The summed E-state index contributed by atoms with van der Waals surface area (Å²) in [6.07, 6.45) is 5.78. The molecule has 0 fully saturated rings. The maximum absolute atomic E-state index is 7.31. The Balaban J connectivity index is 1.11. The average molecular weight is 1030 g/mol. The van der Waals surface area contributed by atoms with Crippen molar-refractivity contribution in [3.8, 4) is 56.0 Å². The molecule has 0 saturated carbocycles. The van der Waals surface area contributed by atoms with Crippen molar-refractivity contribution in [3.05, 3.63) is 220 Å². The highest BCUT2D eigenvalue weighted by molar-refractivity contribution is 6.94. The van der Waals surface area contributed by atoms with Gasteiger partial charge < -0.3 is 14.1 Å². The second-order valence-corrected chi connectivity index (χ2v) is 26.1. The van der Waals surface area contributed by atoms with Crippen LogP contribution in [0, 0.1) is 6.92 Å². The van der Waals surface area contributed by atoms with Crippen LogP contribution in [0.25, 0.3) is 66.8 Å². The Hall–Kier alpha value is -7.82. The first-order valence-electron chi connectivity index (χ1n) is 29.2. The van der Waals surface area contributed by atoms with Gasteiger partial charge >= 0.3 is 6.85 Å². The molecule has 79 heavy (non-hydrogen) atoms. The molecule has 388 valence electrons. The van der Waals surface area contributed by atoms with E-state index in [1.807, 2.05) is 0 Å². The third kappa shape index (κ3) is 6.79. The molecule has 3 aliphatic carbocycles. The molecular formula is C75H69BN2O. The Morgan fingerprint density at radius 2 is 1.08 bits per heavy atom. The van der Waals surface area contributed by atoms with Crippen molar-refractivity contribution < 1.29 is 4.42 Å². The fourth-order valence-electron chi connectivity index (χ4n) is 15.4. The lowest BCUT2D eigenvalue weighted by molar-refractivity contribution is 0.331. The molecule has 9 aromatic carbocycles. The lowest BCUT2D eigenvalue weighted by Gasteiger charge is -2.48. The third-order valence-electron chi connectivity index (χ3n) is 19.7. The average Bonchev–Trinajstić information content (AvgIpc) is 2.29. The molecule has 3 heterocycles. The first kappa shape index (κ1) is 48.3. The van der Waals surface area contributed by atoms with E-state index in [1.165, 1.54) is 143 Å². The van der Waals surface area contributed by atoms with Gasteiger partial charge in [0.2, 0.25) is 0 Å². The zero-order chi connectivity index (χ0) is 54.1. The zero-order valence-corrected chi connectivity index (χ0v) is 47.7. The minimum atomic E-state index is -0.320. The summed E-state index contributed by atoms with van der Waals surface area (Å²) in [5, 5.41) is 2.23. The second kappa shape index (κ2) is 16.9. The SMILES string of the molecule is CCCCc1ccc(N2c3cc4c(-c5ccccc5)oc(-c5ccccc5)c4cc3B3c4c(cc5c(c42)C(C)(C)c2ccccc2-5)-c2cc4c(cc2N3c2ccccc2)C(C)(C)c2cc3c(cc2-4)C(C)(C)CCC3(C)C)c(C)c1. The highest BCUT2D eigenvalue weighted by atomic mass is 16.3. The van der Waals surface area contributed by atoms with Crippen LogP contribution in [0.5, 0.6) is 0 Å². The van der Waals surface area contributed by atoms with E-state index in [9.17, 15) is 0 Å². The highest BCUT2D eigenvalue weighted by Crippen LogP contribution is 2.61. The first-order valence-corrected chi connectivity index (χ1v) is 29.2. The summed E-state index contributed by atoms with van der Waals surface area (Å²) in [5.41, 5.74) is 29.9. The van der Waals surface area contributed by atoms with Gasteiger partial charge in [0.25, 0.3) is 0 Å². The molecule has 0 spiro atoms. The lowest BCUT2D eigenvalue weighted by Crippen LogP contribution is -2.62. The molecule has 5 aliphatic rings. The van der Waals surface area contributed by atoms with E-state index in [2.05, 4.69) is 255 Å². The van der Waals surface area contributed by atoms with Crippen molar-refractivity contribution in [2.45, 2.75) is 123 Å². The summed E-state index contributed by atoms with van der Waals surface area (Å²) in [7, 11) is 0. The number of hydrogen-bond donors (Lipinski definition) is 0. The molecule has 0 radical (unpaired) electrons. The number of aryl methyl sites for hydroxylation is 2. The number of para-hydroxylation sites is 1. The van der Waals surface area contributed by atoms with Crippen molar-refractivity contribution in [1.82, 2.24) is 0 Å². The van der Waals surface area contributed by atoms with E-state index in [-0.39, 0.29) is 28.5 Å². The van der Waals surface area contributed by atoms with Crippen LogP contribution in [0.4, 0.5) is 28.4 Å². The van der Waals surface area contributed by atoms with Crippen molar-refractivity contribution in [2.24, 2.45) is 0 Å². The smallest absolute Gasteiger partial charge is 0.333 e. The van der Waals surface area contributed by atoms with E-state index in [0.29, 0.717) is 0 Å². The number of nitrogens with zero attached hydrogens (tertiary/aromatic N) is 2. The summed E-state index contributed by atoms with van der Waals surface area (Å²) in [6, 6.07) is 67.6. The normalized spacial score (nSPS) is 16.9. The molecule has 10 aromatic rings. The van der Waals surface area contributed by atoms with E-state index >= 15 is 0 Å². The largest absolute Gasteiger partial charge is 0.455 e. The van der Waals surface area contributed by atoms with Crippen LogP contribution in [-0.2, 0) is 28.1 Å². The monoisotopic (exact) mass is 1020 g/mol. The van der Waals surface area contributed by atoms with Crippen LogP contribution >= 0.6 is 0 Å². The first-order chi connectivity index (χ1) is 38.1. The summed E-state index contributed by atoms with van der Waals surface area (Å²) in [6.45, 7) is 24.3. The highest BCUT2D eigenvalue weighted by Gasteiger charge is 2.52. The van der Waals surface area contributed by atoms with Gasteiger partial charge in [-0.15, -0.1) is 0 Å². The number of fused-ring (bicyclic) bond motifs is 13. The molecule has 0 atom stereocenters. The summed E-state index contributed by atoms with van der Waals surface area (Å²) in [5.74, 6) is 1.78. The lowest BCUT2D eigenvalue weighted by atomic mass is 9.42. The number of rotatable bonds is 7. The van der Waals surface area contributed by atoms with Crippen molar-refractivity contribution >= 4 is 57.0 Å². The minimum absolute atomic E-state index is 0.0867. The molecule has 1 aromatic heterocycles. The predicted octanol–water partition coefficient (Wildman–Crippen LogP) is 19.1. The number of anilines is 5. The fourth-order valence-corrected chi connectivity index (χ4v) is 15.4. The maximum Gasteiger partial charge on any atom is 0.333 e. The van der Waals surface area contributed by atoms with Gasteiger partial charge in [0, 0.05) is 66.7 Å². The van der Waals surface area contributed by atoms with Crippen molar-refractivity contribution in [1.29, 1.82) is 0 Å². The van der Waals surface area contributed by atoms with Gasteiger partial charge in [0.05, 0.1) is 0 Å². The standard InChI is InChI=1S/C75H69BN2O/c1-11-12-24-46-33-34-64(45(2)37-46)77-66-42-57-56(70(47-25-16-13-17-26-47)79-71(57)48-27-18-14-19-28-48)41-63(66)76-68-55(39-54-50-31-22-23-32-58(50)75(9,10)67(54)69(68)77)53-38-51-52-40-61-62(73(5,6)36-35-72(61,3)4)43-59(52)74(7,8)60(51)44-65(53)78(76)49-29-20-15-21-30-49/h13-23,25-34,37-44H,11-12,24,35-36H2,1-10H3. The third-order valence-corrected chi connectivity index (χ3v) is 19.7. The van der Waals surface area contributed by atoms with Crippen molar-refractivity contribution in [2.75, 3.05) is 9.71 Å². The molecule has 15 rings (SSSR count). The van der Waals surface area contributed by atoms with Gasteiger partial charge in [0.1, 0.15) is 11.5 Å². The Bertz CT molecular complexity index is 4200. The number of hydrogen-bond acceptors (Lipinski definition) is 3. The van der Waals surface area contributed by atoms with E-state index < -0.39 is 0 Å². The van der Waals surface area contributed by atoms with E-state index in [4.69, 9.17) is 4.42 Å². The predicted molar refractivity (Wildman–Crippen MR) is 335 cm³/mol. The number of furan rings is 1. The van der Waals surface area contributed by atoms with Crippen LogP contribution in [0.15, 0.2) is 180 Å². The number of benzene rings is 9. The molecule has 4 heteroatoms. The van der Waals surface area contributed by atoms with Gasteiger partial charge in [-0.25, -0.2) is 0 Å². The van der Waals surface area contributed by atoms with Crippen LogP contribution < -0.4 is 20.6 Å². The Morgan fingerprint density at radius 1 is 0.481 bits per heavy atom. The molecule has 0 amide bonds. The van der Waals surface area contributed by atoms with Gasteiger partial charge in [-0.2, -0.15) is 0 Å². The summed E-state index contributed by atoms with van der Waals surface area (Å²) in [4.78, 5) is 5.46. The Kier molecular flexibility index (Phi) is 10.3. The molecule has 0 N–H and O–H groups in total. The summed E-state index contributed by atoms with van der Waals surface area (Å²) >= 11 is 0. The Labute approximate surface area is 468 Å².